The van der Waals surface area contributed by atoms with Gasteiger partial charge in [0.05, 0.1) is 18.8 Å². The van der Waals surface area contributed by atoms with Crippen LogP contribution >= 0.6 is 0 Å². The van der Waals surface area contributed by atoms with Gasteiger partial charge in [0.25, 0.3) is 0 Å². The molecule has 0 saturated heterocycles. The molecule has 0 aromatic carbocycles. The Balaban J connectivity index is 0. The summed E-state index contributed by atoms with van der Waals surface area (Å²) >= 11 is 0. The molecule has 0 aliphatic heterocycles. The molecule has 0 aromatic heterocycles. The van der Waals surface area contributed by atoms with Crippen LogP contribution in [0.25, 0.3) is 0 Å². The molecule has 0 amide bonds. The van der Waals surface area contributed by atoms with Crippen molar-refractivity contribution in [2.45, 2.75) is 5.51 Å². The summed E-state index contributed by atoms with van der Waals surface area (Å²) in [5.41, 5.74) is -5.53. The summed E-state index contributed by atoms with van der Waals surface area (Å²) in [6, 6.07) is 0. The van der Waals surface area contributed by atoms with Crippen LogP contribution in [0.15, 0.2) is 0 Å². The third-order valence-corrected chi connectivity index (χ3v) is 0.877. The maximum Gasteiger partial charge on any atom is 0.522 e. The topological polar surface area (TPSA) is 54.4 Å². The van der Waals surface area contributed by atoms with E-state index in [0.29, 0.717) is 10.9 Å². The monoisotopic (exact) mass is 227 g/mol. The lowest BCUT2D eigenvalue weighted by atomic mass is 11.6. The van der Waals surface area contributed by atoms with Crippen molar-refractivity contribution in [3.05, 3.63) is 0 Å². The van der Waals surface area contributed by atoms with Crippen LogP contribution in [-0.4, -0.2) is 37.2 Å². The van der Waals surface area contributed by atoms with Crippen molar-refractivity contribution >= 4 is 21.0 Å². The number of hydrogen-bond donors (Lipinski definition) is 1. The van der Waals surface area contributed by atoms with Gasteiger partial charge in [0.15, 0.2) is 0 Å². The van der Waals surface area contributed by atoms with E-state index in [0.717, 1.165) is 0 Å². The molecule has 76 valence electrons. The second-order valence-electron chi connectivity index (χ2n) is 2.15. The smallest absolute Gasteiger partial charge is 0.279 e. The summed E-state index contributed by atoms with van der Waals surface area (Å²) in [5, 5.41) is 0. The van der Waals surface area contributed by atoms with Gasteiger partial charge in [0, 0.05) is 0 Å². The summed E-state index contributed by atoms with van der Waals surface area (Å²) in [4.78, 5) is 0. The Labute approximate surface area is 72.1 Å². The summed E-state index contributed by atoms with van der Waals surface area (Å²) in [7, 11) is -5.20. The van der Waals surface area contributed by atoms with E-state index < -0.39 is 15.6 Å². The zero-order valence-electron chi connectivity index (χ0n) is 6.71. The molecule has 0 heterocycles. The lowest BCUT2D eigenvalue weighted by molar-refractivity contribution is -0.0510. The van der Waals surface area contributed by atoms with Crippen LogP contribution in [0.5, 0.6) is 0 Å². The fraction of sp³-hybridized carbons (Fsp3) is 1.00. The van der Waals surface area contributed by atoms with E-state index in [2.05, 4.69) is 18.8 Å². The third-order valence-electron chi connectivity index (χ3n) is 0.292. The van der Waals surface area contributed by atoms with Crippen molar-refractivity contribution in [3.8, 4) is 0 Å². The van der Waals surface area contributed by atoms with Gasteiger partial charge in [-0.05, 0) is 10.9 Å². The van der Waals surface area contributed by atoms with E-state index in [9.17, 15) is 13.2 Å². The molecule has 0 aromatic rings. The van der Waals surface area contributed by atoms with Crippen molar-refractivity contribution in [2.75, 3.05) is 18.8 Å². The second kappa shape index (κ2) is 4.93. The maximum absolute atomic E-state index is 10.7. The van der Waals surface area contributed by atoms with Crippen LogP contribution < -0.4 is 0 Å². The number of alkyl halides is 3. The molecule has 3 nitrogen and oxygen atoms in total. The summed E-state index contributed by atoms with van der Waals surface area (Å²) in [5.74, 6) is 0. The van der Waals surface area contributed by atoms with Gasteiger partial charge in [-0.2, -0.15) is 21.6 Å². The van der Waals surface area contributed by atoms with E-state index in [1.165, 1.54) is 0 Å². The fourth-order valence-electron chi connectivity index (χ4n) is 0. The van der Waals surface area contributed by atoms with Crippen LogP contribution in [0, 0.1) is 0 Å². The summed E-state index contributed by atoms with van der Waals surface area (Å²) in [6.07, 6.45) is 6.58. The van der Waals surface area contributed by atoms with E-state index >= 15 is 0 Å². The molecule has 8 heteroatoms. The highest BCUT2D eigenvalue weighted by molar-refractivity contribution is 7.94. The van der Waals surface area contributed by atoms with Crippen molar-refractivity contribution in [3.63, 3.8) is 0 Å². The van der Waals surface area contributed by atoms with Crippen LogP contribution in [0.2, 0.25) is 0 Å². The van der Waals surface area contributed by atoms with Crippen LogP contribution in [0.1, 0.15) is 0 Å². The predicted octanol–water partition coefficient (Wildman–Crippen LogP) is 0.888. The first kappa shape index (κ1) is 14.6. The largest absolute Gasteiger partial charge is 0.522 e. The van der Waals surface area contributed by atoms with Gasteiger partial charge >= 0.3 is 15.6 Å². The summed E-state index contributed by atoms with van der Waals surface area (Å²) in [6.45, 7) is 0. The van der Waals surface area contributed by atoms with E-state index in [1.807, 2.05) is 0 Å². The standard InChI is InChI=1S/C3H9S.CHF3O3S/c1-4(2)3;2-1(3,4)8(5,6)7/h1-3H3;(H,5,6,7)/q+1;. The fourth-order valence-corrected chi connectivity index (χ4v) is 0. The molecule has 0 radical (unpaired) electrons. The first-order valence-corrected chi connectivity index (χ1v) is 6.40. The first-order valence-electron chi connectivity index (χ1n) is 2.51. The molecule has 0 saturated carbocycles. The van der Waals surface area contributed by atoms with Gasteiger partial charge in [0.1, 0.15) is 0 Å². The lowest BCUT2D eigenvalue weighted by Crippen LogP contribution is -2.21. The SMILES string of the molecule is C[S+](C)C.O=S(=O)(O)C(F)(F)F. The molecule has 0 spiro atoms. The normalized spacial score (nSPS) is 12.3. The average Bonchev–Trinajstić information content (AvgIpc) is 1.55. The highest BCUT2D eigenvalue weighted by Crippen LogP contribution is 2.20. The molecular formula is C4H10F3O3S2+. The van der Waals surface area contributed by atoms with E-state index in [-0.39, 0.29) is 0 Å². The van der Waals surface area contributed by atoms with Crippen molar-refractivity contribution < 1.29 is 26.1 Å². The molecule has 0 atom stereocenters. The van der Waals surface area contributed by atoms with E-state index in [4.69, 9.17) is 13.0 Å². The quantitative estimate of drug-likeness (QED) is 0.380. The van der Waals surface area contributed by atoms with Crippen LogP contribution in [0.3, 0.4) is 0 Å². The zero-order valence-corrected chi connectivity index (χ0v) is 8.35. The van der Waals surface area contributed by atoms with Crippen LogP contribution in [-0.2, 0) is 21.0 Å². The van der Waals surface area contributed by atoms with Gasteiger partial charge < -0.3 is 0 Å². The minimum absolute atomic E-state index is 0.639. The Morgan fingerprint density at radius 1 is 1.17 bits per heavy atom. The number of hydrogen-bond acceptors (Lipinski definition) is 2. The van der Waals surface area contributed by atoms with E-state index in [1.54, 1.807) is 0 Å². The van der Waals surface area contributed by atoms with Crippen molar-refractivity contribution in [1.82, 2.24) is 0 Å². The lowest BCUT2D eigenvalue weighted by Gasteiger charge is -1.97. The molecule has 1 N–H and O–H groups in total. The minimum atomic E-state index is -5.84. The Morgan fingerprint density at radius 3 is 1.25 bits per heavy atom. The molecule has 12 heavy (non-hydrogen) atoms. The Kier molecular flexibility index (Phi) is 5.98. The molecule has 0 bridgehead atoms. The molecule has 0 rings (SSSR count). The summed E-state index contributed by atoms with van der Waals surface area (Å²) < 4.78 is 57.5. The first-order chi connectivity index (χ1) is 4.98. The highest BCUT2D eigenvalue weighted by Gasteiger charge is 2.44. The molecular weight excluding hydrogens is 217 g/mol. The minimum Gasteiger partial charge on any atom is -0.279 e. The molecule has 0 aliphatic carbocycles. The highest BCUT2D eigenvalue weighted by atomic mass is 32.2. The van der Waals surface area contributed by atoms with Gasteiger partial charge in [0.2, 0.25) is 0 Å². The number of rotatable bonds is 0. The second-order valence-corrected chi connectivity index (χ2v) is 6.01. The Morgan fingerprint density at radius 2 is 1.25 bits per heavy atom. The molecule has 0 aliphatic rings. The van der Waals surface area contributed by atoms with Gasteiger partial charge in [-0.15, -0.1) is 0 Å². The Hall–Kier alpha value is 0.0500. The van der Waals surface area contributed by atoms with Gasteiger partial charge in [-0.3, -0.25) is 4.55 Å². The average molecular weight is 227 g/mol. The number of halogens is 3. The van der Waals surface area contributed by atoms with Crippen LogP contribution in [0.4, 0.5) is 13.2 Å². The van der Waals surface area contributed by atoms with Gasteiger partial charge in [-0.25, -0.2) is 0 Å². The zero-order chi connectivity index (χ0) is 10.6. The molecule has 0 unspecified atom stereocenters. The maximum atomic E-state index is 10.7. The molecule has 0 fully saturated rings. The third kappa shape index (κ3) is 10.0. The van der Waals surface area contributed by atoms with Gasteiger partial charge in [-0.1, -0.05) is 0 Å². The predicted molar refractivity (Wildman–Crippen MR) is 42.7 cm³/mol. The Bertz CT molecular complexity index is 203. The van der Waals surface area contributed by atoms with Crippen molar-refractivity contribution in [2.24, 2.45) is 0 Å². The van der Waals surface area contributed by atoms with Crippen molar-refractivity contribution in [1.29, 1.82) is 0 Å².